The normalized spacial score (nSPS) is 17.5. The quantitative estimate of drug-likeness (QED) is 0.840. The lowest BCUT2D eigenvalue weighted by Gasteiger charge is -2.18. The van der Waals surface area contributed by atoms with Gasteiger partial charge in [-0.1, -0.05) is 36.7 Å². The lowest BCUT2D eigenvalue weighted by molar-refractivity contribution is -0.111. The molecule has 0 aliphatic heterocycles. The molecule has 1 heterocycles. The average molecular weight is 251 g/mol. The largest absolute Gasteiger partial charge is 0.297 e. The molecule has 1 aromatic rings. The summed E-state index contributed by atoms with van der Waals surface area (Å²) in [5.41, 5.74) is 0. The van der Waals surface area contributed by atoms with Crippen molar-refractivity contribution >= 4 is 22.4 Å². The molecule has 92 valence electrons. The smallest absolute Gasteiger partial charge is 0.249 e. The maximum absolute atomic E-state index is 11.3. The van der Waals surface area contributed by atoms with Gasteiger partial charge in [0.2, 0.25) is 11.0 Å². The molecule has 4 nitrogen and oxygen atoms in total. The molecule has 0 bridgehead atoms. The van der Waals surface area contributed by atoms with Gasteiger partial charge in [-0.25, -0.2) is 0 Å². The number of hydrogen-bond acceptors (Lipinski definition) is 4. The van der Waals surface area contributed by atoms with E-state index in [-0.39, 0.29) is 5.91 Å². The van der Waals surface area contributed by atoms with E-state index < -0.39 is 0 Å². The van der Waals surface area contributed by atoms with Crippen molar-refractivity contribution in [2.45, 2.75) is 44.9 Å². The van der Waals surface area contributed by atoms with E-state index in [2.05, 4.69) is 15.5 Å². The summed E-state index contributed by atoms with van der Waals surface area (Å²) >= 11 is 1.51. The highest BCUT2D eigenvalue weighted by Crippen LogP contribution is 2.35. The summed E-state index contributed by atoms with van der Waals surface area (Å²) in [6.45, 7) is 1.81. The summed E-state index contributed by atoms with van der Waals surface area (Å²) in [5, 5.41) is 12.6. The number of aromatic nitrogens is 2. The molecule has 0 spiro atoms. The van der Waals surface area contributed by atoms with Crippen molar-refractivity contribution in [2.24, 2.45) is 0 Å². The van der Waals surface area contributed by atoms with Crippen LogP contribution in [0.4, 0.5) is 5.13 Å². The van der Waals surface area contributed by atoms with E-state index in [9.17, 15) is 4.79 Å². The van der Waals surface area contributed by atoms with Crippen LogP contribution in [0.15, 0.2) is 12.2 Å². The van der Waals surface area contributed by atoms with Gasteiger partial charge in [-0.15, -0.1) is 10.2 Å². The van der Waals surface area contributed by atoms with Gasteiger partial charge in [0.1, 0.15) is 5.01 Å². The topological polar surface area (TPSA) is 54.9 Å². The Bertz CT molecular complexity index is 408. The number of nitrogens with one attached hydrogen (secondary N) is 1. The molecule has 1 N–H and O–H groups in total. The molecular weight excluding hydrogens is 234 g/mol. The fraction of sp³-hybridized carbons (Fsp3) is 0.583. The fourth-order valence-corrected chi connectivity index (χ4v) is 3.01. The minimum absolute atomic E-state index is 0.140. The van der Waals surface area contributed by atoms with Gasteiger partial charge in [-0.3, -0.25) is 10.1 Å². The minimum Gasteiger partial charge on any atom is -0.297 e. The van der Waals surface area contributed by atoms with Gasteiger partial charge in [0.15, 0.2) is 0 Å². The van der Waals surface area contributed by atoms with Crippen molar-refractivity contribution in [3.8, 4) is 0 Å². The highest BCUT2D eigenvalue weighted by atomic mass is 32.1. The van der Waals surface area contributed by atoms with E-state index in [0.717, 1.165) is 5.01 Å². The predicted molar refractivity (Wildman–Crippen MR) is 69.2 cm³/mol. The lowest BCUT2D eigenvalue weighted by atomic mass is 9.90. The van der Waals surface area contributed by atoms with Crippen molar-refractivity contribution < 1.29 is 4.79 Å². The van der Waals surface area contributed by atoms with Crippen molar-refractivity contribution in [1.82, 2.24) is 10.2 Å². The van der Waals surface area contributed by atoms with Crippen molar-refractivity contribution in [3.63, 3.8) is 0 Å². The zero-order valence-electron chi connectivity index (χ0n) is 9.98. The van der Waals surface area contributed by atoms with Crippen molar-refractivity contribution in [3.05, 3.63) is 17.2 Å². The highest BCUT2D eigenvalue weighted by Gasteiger charge is 2.19. The fourth-order valence-electron chi connectivity index (χ4n) is 2.10. The molecule has 1 aliphatic rings. The molecule has 1 saturated carbocycles. The number of anilines is 1. The third kappa shape index (κ3) is 3.36. The van der Waals surface area contributed by atoms with E-state index in [1.54, 1.807) is 6.08 Å². The van der Waals surface area contributed by atoms with Gasteiger partial charge in [-0.05, 0) is 25.8 Å². The van der Waals surface area contributed by atoms with Gasteiger partial charge in [-0.2, -0.15) is 0 Å². The highest BCUT2D eigenvalue weighted by molar-refractivity contribution is 7.15. The maximum Gasteiger partial charge on any atom is 0.249 e. The molecule has 2 rings (SSSR count). The van der Waals surface area contributed by atoms with Gasteiger partial charge in [0, 0.05) is 5.92 Å². The zero-order chi connectivity index (χ0) is 12.1. The second-order valence-electron chi connectivity index (χ2n) is 4.27. The van der Waals surface area contributed by atoms with Gasteiger partial charge >= 0.3 is 0 Å². The van der Waals surface area contributed by atoms with Crippen LogP contribution in [0.2, 0.25) is 0 Å². The van der Waals surface area contributed by atoms with Gasteiger partial charge in [0.05, 0.1) is 0 Å². The first-order chi connectivity index (χ1) is 8.29. The second-order valence-corrected chi connectivity index (χ2v) is 5.28. The summed E-state index contributed by atoms with van der Waals surface area (Å²) in [5.74, 6) is 0.410. The van der Waals surface area contributed by atoms with E-state index in [4.69, 9.17) is 0 Å². The Hall–Kier alpha value is -1.23. The van der Waals surface area contributed by atoms with Crippen LogP contribution < -0.4 is 5.32 Å². The molecule has 0 atom stereocenters. The number of hydrogen-bond donors (Lipinski definition) is 1. The molecule has 1 aromatic heterocycles. The van der Waals surface area contributed by atoms with E-state index in [1.165, 1.54) is 49.5 Å². The zero-order valence-corrected chi connectivity index (χ0v) is 10.8. The summed E-state index contributed by atoms with van der Waals surface area (Å²) in [6.07, 6.45) is 9.50. The number of amides is 1. The lowest BCUT2D eigenvalue weighted by Crippen LogP contribution is -2.07. The van der Waals surface area contributed by atoms with E-state index >= 15 is 0 Å². The Morgan fingerprint density at radius 3 is 2.82 bits per heavy atom. The minimum atomic E-state index is -0.140. The molecule has 5 heteroatoms. The van der Waals surface area contributed by atoms with Crippen LogP contribution in [0.1, 0.15) is 50.0 Å². The van der Waals surface area contributed by atoms with Crippen LogP contribution in [0.3, 0.4) is 0 Å². The molecule has 1 aliphatic carbocycles. The number of carbonyl (C=O) groups excluding carboxylic acids is 1. The Morgan fingerprint density at radius 1 is 1.35 bits per heavy atom. The molecule has 17 heavy (non-hydrogen) atoms. The van der Waals surface area contributed by atoms with Crippen LogP contribution in [-0.2, 0) is 4.79 Å². The molecular formula is C12H17N3OS. The van der Waals surface area contributed by atoms with E-state index in [1.807, 2.05) is 6.92 Å². The first-order valence-corrected chi connectivity index (χ1v) is 6.88. The monoisotopic (exact) mass is 251 g/mol. The van der Waals surface area contributed by atoms with Gasteiger partial charge < -0.3 is 0 Å². The van der Waals surface area contributed by atoms with Crippen LogP contribution in [0.25, 0.3) is 0 Å². The van der Waals surface area contributed by atoms with Gasteiger partial charge in [0.25, 0.3) is 0 Å². The van der Waals surface area contributed by atoms with Crippen LogP contribution >= 0.6 is 11.3 Å². The first-order valence-electron chi connectivity index (χ1n) is 6.06. The number of nitrogens with zero attached hydrogens (tertiary/aromatic N) is 2. The molecule has 0 aromatic carbocycles. The molecule has 0 saturated heterocycles. The number of allylic oxidation sites excluding steroid dienone is 1. The molecule has 1 fully saturated rings. The summed E-state index contributed by atoms with van der Waals surface area (Å²) < 4.78 is 0. The third-order valence-corrected chi connectivity index (χ3v) is 3.94. The predicted octanol–water partition coefficient (Wildman–Crippen LogP) is 3.10. The standard InChI is InChI=1S/C12H17N3OS/c1-2-6-10(16)13-12-15-14-11(17-12)9-7-4-3-5-8-9/h2,6,9H,3-5,7-8H2,1H3,(H,13,15,16)/b6-2+. The van der Waals surface area contributed by atoms with Crippen LogP contribution in [0, 0.1) is 0 Å². The Kier molecular flexibility index (Phi) is 4.25. The number of rotatable bonds is 3. The first kappa shape index (κ1) is 12.2. The van der Waals surface area contributed by atoms with Crippen LogP contribution in [-0.4, -0.2) is 16.1 Å². The second kappa shape index (κ2) is 5.91. The molecule has 1 amide bonds. The van der Waals surface area contributed by atoms with E-state index in [0.29, 0.717) is 11.0 Å². The maximum atomic E-state index is 11.3. The summed E-state index contributed by atoms with van der Waals surface area (Å²) in [4.78, 5) is 11.3. The molecule has 0 unspecified atom stereocenters. The average Bonchev–Trinajstić information content (AvgIpc) is 2.79. The van der Waals surface area contributed by atoms with Crippen molar-refractivity contribution in [2.75, 3.05) is 5.32 Å². The number of carbonyl (C=O) groups is 1. The SMILES string of the molecule is C/C=C/C(=O)Nc1nnc(C2CCCCC2)s1. The third-order valence-electron chi connectivity index (χ3n) is 2.94. The Morgan fingerprint density at radius 2 is 2.12 bits per heavy atom. The van der Waals surface area contributed by atoms with Crippen LogP contribution in [0.5, 0.6) is 0 Å². The molecule has 0 radical (unpaired) electrons. The Balaban J connectivity index is 1.97. The van der Waals surface area contributed by atoms with Crippen molar-refractivity contribution in [1.29, 1.82) is 0 Å². The Labute approximate surface area is 105 Å². The summed E-state index contributed by atoms with van der Waals surface area (Å²) in [7, 11) is 0. The summed E-state index contributed by atoms with van der Waals surface area (Å²) in [6, 6.07) is 0.